The number of aromatic nitrogens is 2. The second-order valence-corrected chi connectivity index (χ2v) is 14.2. The van der Waals surface area contributed by atoms with Crippen LogP contribution >= 0.6 is 0 Å². The fourth-order valence-corrected chi connectivity index (χ4v) is 7.64. The van der Waals surface area contributed by atoms with Crippen LogP contribution < -0.4 is 15.2 Å². The van der Waals surface area contributed by atoms with Crippen LogP contribution in [0, 0.1) is 19.3 Å². The SMILES string of the molecule is Cc1cccc(C)c1-c1cc2nc(n1)NS(=O)(=O)c1cccc(c1)C(=O)N([C@H]1CC[C@H](N)CC1)[C@H](CC1(C(F)(F)F)CC1)CO2. The quantitative estimate of drug-likeness (QED) is 0.370. The summed E-state index contributed by atoms with van der Waals surface area (Å²) >= 11 is 0. The predicted molar refractivity (Wildman–Crippen MR) is 162 cm³/mol. The Labute approximate surface area is 260 Å². The normalized spacial score (nSPS) is 24.4. The van der Waals surface area contributed by atoms with Crippen molar-refractivity contribution in [2.75, 3.05) is 11.3 Å². The number of carbonyl (C=O) groups excluding carboxylic acids is 1. The first-order valence-corrected chi connectivity index (χ1v) is 16.6. The zero-order chi connectivity index (χ0) is 32.1. The number of nitrogens with one attached hydrogen (secondary N) is 1. The number of amides is 1. The van der Waals surface area contributed by atoms with E-state index in [0.29, 0.717) is 31.4 Å². The molecule has 3 N–H and O–H groups in total. The number of halogens is 3. The van der Waals surface area contributed by atoms with Gasteiger partial charge in [-0.1, -0.05) is 24.3 Å². The Morgan fingerprint density at radius 3 is 2.33 bits per heavy atom. The molecule has 1 amide bonds. The minimum Gasteiger partial charge on any atom is -0.475 e. The first-order valence-electron chi connectivity index (χ1n) is 15.1. The third kappa shape index (κ3) is 6.24. The van der Waals surface area contributed by atoms with Crippen molar-refractivity contribution in [2.45, 2.75) is 88.0 Å². The molecule has 9 nitrogen and oxygen atoms in total. The van der Waals surface area contributed by atoms with Gasteiger partial charge in [0, 0.05) is 29.3 Å². The van der Waals surface area contributed by atoms with E-state index in [1.165, 1.54) is 29.2 Å². The molecule has 2 heterocycles. The molecule has 6 rings (SSSR count). The molecule has 2 aromatic carbocycles. The molecular weight excluding hydrogens is 607 g/mol. The predicted octanol–water partition coefficient (Wildman–Crippen LogP) is 5.77. The number of alkyl halides is 3. The first-order chi connectivity index (χ1) is 21.3. The molecule has 1 aromatic heterocycles. The lowest BCUT2D eigenvalue weighted by Crippen LogP contribution is -2.53. The number of hydrogen-bond acceptors (Lipinski definition) is 7. The second kappa shape index (κ2) is 11.6. The van der Waals surface area contributed by atoms with Crippen molar-refractivity contribution >= 4 is 21.9 Å². The summed E-state index contributed by atoms with van der Waals surface area (Å²) in [6.45, 7) is 3.51. The standard InChI is InChI=1S/C32H36F3N5O4S/c1-19-5-3-6-20(2)28(19)26-16-27-38-30(37-26)39-45(42,43)25-8-4-7-21(15-25)29(41)40(23-11-9-22(36)10-12-23)24(18-44-27)17-31(13-14-31)32(33,34)35/h3-8,15-16,22-24H,9-14,17-18,36H2,1-2H3,(H,37,38,39)/t22-,23-,24-/m1/s1. The maximum atomic E-state index is 14.4. The van der Waals surface area contributed by atoms with Gasteiger partial charge in [-0.15, -0.1) is 0 Å². The van der Waals surface area contributed by atoms with Crippen LogP contribution in [0.25, 0.3) is 11.3 Å². The van der Waals surface area contributed by atoms with Crippen molar-refractivity contribution in [1.82, 2.24) is 14.9 Å². The number of aryl methyl sites for hydroxylation is 2. The van der Waals surface area contributed by atoms with Crippen LogP contribution in [0.1, 0.15) is 66.4 Å². The summed E-state index contributed by atoms with van der Waals surface area (Å²) in [5.41, 5.74) is 7.18. The van der Waals surface area contributed by atoms with Crippen LogP contribution in [-0.4, -0.2) is 60.1 Å². The Kier molecular flexibility index (Phi) is 8.05. The van der Waals surface area contributed by atoms with Crippen molar-refractivity contribution < 1.29 is 31.1 Å². The van der Waals surface area contributed by atoms with Gasteiger partial charge in [0.1, 0.15) is 6.61 Å². The molecule has 45 heavy (non-hydrogen) atoms. The van der Waals surface area contributed by atoms with E-state index in [9.17, 15) is 26.4 Å². The molecule has 1 atom stereocenters. The largest absolute Gasteiger partial charge is 0.475 e. The molecule has 0 radical (unpaired) electrons. The van der Waals surface area contributed by atoms with Gasteiger partial charge in [0.15, 0.2) is 0 Å². The Bertz CT molecular complexity index is 1700. The van der Waals surface area contributed by atoms with Crippen LogP contribution in [0.2, 0.25) is 0 Å². The van der Waals surface area contributed by atoms with E-state index in [-0.39, 0.29) is 54.2 Å². The first kappa shape index (κ1) is 31.3. The van der Waals surface area contributed by atoms with Gasteiger partial charge in [0.05, 0.1) is 22.0 Å². The van der Waals surface area contributed by atoms with E-state index in [4.69, 9.17) is 10.5 Å². The highest BCUT2D eigenvalue weighted by Crippen LogP contribution is 2.61. The van der Waals surface area contributed by atoms with Gasteiger partial charge in [-0.25, -0.2) is 18.1 Å². The number of nitrogens with two attached hydrogens (primary N) is 1. The van der Waals surface area contributed by atoms with Gasteiger partial charge in [0.2, 0.25) is 11.8 Å². The van der Waals surface area contributed by atoms with Gasteiger partial charge < -0.3 is 15.4 Å². The fraction of sp³-hybridized carbons (Fsp3) is 0.469. The van der Waals surface area contributed by atoms with Crippen LogP contribution in [0.15, 0.2) is 53.4 Å². The summed E-state index contributed by atoms with van der Waals surface area (Å²) in [5, 5.41) is 0. The van der Waals surface area contributed by atoms with E-state index in [1.807, 2.05) is 32.0 Å². The molecule has 2 fully saturated rings. The lowest BCUT2D eigenvalue weighted by molar-refractivity contribution is -0.193. The number of rotatable bonds is 4. The van der Waals surface area contributed by atoms with E-state index in [1.54, 1.807) is 6.07 Å². The lowest BCUT2D eigenvalue weighted by Gasteiger charge is -2.42. The number of fused-ring (bicyclic) bond motifs is 4. The highest BCUT2D eigenvalue weighted by molar-refractivity contribution is 7.92. The zero-order valence-corrected chi connectivity index (χ0v) is 25.9. The van der Waals surface area contributed by atoms with Crippen LogP contribution in [0.5, 0.6) is 5.88 Å². The molecule has 13 heteroatoms. The maximum absolute atomic E-state index is 14.4. The minimum absolute atomic E-state index is 0.0220. The summed E-state index contributed by atoms with van der Waals surface area (Å²) in [7, 11) is -4.27. The molecule has 0 saturated heterocycles. The number of sulfonamides is 1. The number of anilines is 1. The molecule has 4 bridgehead atoms. The Balaban J connectivity index is 1.51. The third-order valence-corrected chi connectivity index (χ3v) is 10.7. The number of nitrogens with zero attached hydrogens (tertiary/aromatic N) is 3. The van der Waals surface area contributed by atoms with Gasteiger partial charge in [-0.2, -0.15) is 18.2 Å². The smallest absolute Gasteiger partial charge is 0.394 e. The zero-order valence-electron chi connectivity index (χ0n) is 25.1. The highest BCUT2D eigenvalue weighted by Gasteiger charge is 2.64. The molecular formula is C32H36F3N5O4S. The van der Waals surface area contributed by atoms with Gasteiger partial charge in [-0.05, 0) is 88.1 Å². The third-order valence-electron chi connectivity index (χ3n) is 9.32. The topological polar surface area (TPSA) is 128 Å². The van der Waals surface area contributed by atoms with E-state index in [0.717, 1.165) is 16.7 Å². The highest BCUT2D eigenvalue weighted by atomic mass is 32.2. The van der Waals surface area contributed by atoms with E-state index >= 15 is 0 Å². The summed E-state index contributed by atoms with van der Waals surface area (Å²) in [6.07, 6.45) is -2.62. The fourth-order valence-electron chi connectivity index (χ4n) is 6.65. The maximum Gasteiger partial charge on any atom is 0.394 e. The Morgan fingerprint density at radius 2 is 1.69 bits per heavy atom. The number of carbonyl (C=O) groups is 1. The van der Waals surface area contributed by atoms with E-state index < -0.39 is 39.6 Å². The van der Waals surface area contributed by atoms with Crippen LogP contribution in [-0.2, 0) is 10.0 Å². The average molecular weight is 644 g/mol. The van der Waals surface area contributed by atoms with Gasteiger partial charge >= 0.3 is 6.18 Å². The molecule has 0 spiro atoms. The Hall–Kier alpha value is -3.71. The Morgan fingerprint density at radius 1 is 1.02 bits per heavy atom. The van der Waals surface area contributed by atoms with Crippen molar-refractivity contribution in [3.63, 3.8) is 0 Å². The molecule has 1 aliphatic heterocycles. The molecule has 2 aliphatic carbocycles. The molecule has 3 aliphatic rings. The second-order valence-electron chi connectivity index (χ2n) is 12.5. The summed E-state index contributed by atoms with van der Waals surface area (Å²) < 4.78 is 78.7. The molecule has 3 aromatic rings. The summed E-state index contributed by atoms with van der Waals surface area (Å²) in [4.78, 5) is 24.4. The summed E-state index contributed by atoms with van der Waals surface area (Å²) in [5.74, 6) is -0.830. The van der Waals surface area contributed by atoms with Crippen molar-refractivity contribution in [3.05, 3.63) is 65.2 Å². The van der Waals surface area contributed by atoms with Gasteiger partial charge in [0.25, 0.3) is 15.9 Å². The van der Waals surface area contributed by atoms with Crippen molar-refractivity contribution in [1.29, 1.82) is 0 Å². The minimum atomic E-state index is -4.45. The van der Waals surface area contributed by atoms with Gasteiger partial charge in [-0.3, -0.25) is 4.79 Å². The van der Waals surface area contributed by atoms with Crippen molar-refractivity contribution in [3.8, 4) is 17.1 Å². The number of hydrogen-bond donors (Lipinski definition) is 2. The average Bonchev–Trinajstić information content (AvgIpc) is 3.77. The molecule has 0 unspecified atom stereocenters. The van der Waals surface area contributed by atoms with E-state index in [2.05, 4.69) is 14.7 Å². The number of ether oxygens (including phenoxy) is 1. The molecule has 240 valence electrons. The number of benzene rings is 2. The monoisotopic (exact) mass is 643 g/mol. The lowest BCUT2D eigenvalue weighted by atomic mass is 9.87. The van der Waals surface area contributed by atoms with Crippen LogP contribution in [0.3, 0.4) is 0 Å². The summed E-state index contributed by atoms with van der Waals surface area (Å²) in [6, 6.07) is 11.3. The molecule has 2 saturated carbocycles. The van der Waals surface area contributed by atoms with Crippen LogP contribution in [0.4, 0.5) is 19.1 Å². The van der Waals surface area contributed by atoms with Crippen molar-refractivity contribution in [2.24, 2.45) is 11.1 Å².